The molecule has 3 atom stereocenters. The molecule has 0 saturated carbocycles. The third-order valence-electron chi connectivity index (χ3n) is 6.10. The van der Waals surface area contributed by atoms with E-state index in [0.29, 0.717) is 10.4 Å². The molecule has 2 amide bonds. The summed E-state index contributed by atoms with van der Waals surface area (Å²) in [5, 5.41) is 15.4. The summed E-state index contributed by atoms with van der Waals surface area (Å²) in [6.07, 6.45) is -0.352. The Balaban J connectivity index is 1.55. The van der Waals surface area contributed by atoms with Crippen molar-refractivity contribution < 1.29 is 24.2 Å². The van der Waals surface area contributed by atoms with E-state index >= 15 is 0 Å². The Morgan fingerprint density at radius 1 is 1.15 bits per heavy atom. The van der Waals surface area contributed by atoms with Gasteiger partial charge in [-0.3, -0.25) is 14.4 Å². The van der Waals surface area contributed by atoms with Crippen LogP contribution in [0.2, 0.25) is 0 Å². The van der Waals surface area contributed by atoms with E-state index in [0.717, 1.165) is 10.4 Å². The highest BCUT2D eigenvalue weighted by Crippen LogP contribution is 2.28. The highest BCUT2D eigenvalue weighted by molar-refractivity contribution is 7.17. The summed E-state index contributed by atoms with van der Waals surface area (Å²) in [6.45, 7) is 3.29. The molecule has 4 rings (SSSR count). The third kappa shape index (κ3) is 5.03. The minimum atomic E-state index is -1.18. The predicted octanol–water partition coefficient (Wildman–Crippen LogP) is 3.32. The fourth-order valence-corrected chi connectivity index (χ4v) is 4.75. The van der Waals surface area contributed by atoms with Crippen LogP contribution in [0, 0.1) is 0 Å². The van der Waals surface area contributed by atoms with Crippen molar-refractivity contribution in [1.29, 1.82) is 0 Å². The lowest BCUT2D eigenvalue weighted by molar-refractivity contribution is -0.130. The highest BCUT2D eigenvalue weighted by Gasteiger charge is 2.47. The number of ketones is 1. The number of aromatic hydroxyl groups is 1. The number of rotatable bonds is 7. The number of ether oxygens (including phenoxy) is 1. The largest absolute Gasteiger partial charge is 0.508 e. The molecule has 0 radical (unpaired) electrons. The van der Waals surface area contributed by atoms with E-state index in [1.807, 2.05) is 36.4 Å². The summed E-state index contributed by atoms with van der Waals surface area (Å²) in [5.41, 5.74) is 0.494. The Bertz CT molecular complexity index is 1210. The first-order valence-electron chi connectivity index (χ1n) is 11.0. The molecule has 34 heavy (non-hydrogen) atoms. The summed E-state index contributed by atoms with van der Waals surface area (Å²) < 4.78 is 5.41. The van der Waals surface area contributed by atoms with Gasteiger partial charge >= 0.3 is 0 Å². The van der Waals surface area contributed by atoms with Crippen LogP contribution in [0.25, 0.3) is 10.4 Å². The standard InChI is InChI=1S/C26H26N2O5S/c1-16-26(2,23(30)15-33-16)28-24(31)20(14-17-7-6-10-19(29)13-17)27-25(32)22-12-11-21(34-22)18-8-4-3-5-9-18/h3-13,16,20,29H,14-15H2,1-2H3,(H,27,32)(H,28,31). The van der Waals surface area contributed by atoms with Gasteiger partial charge in [-0.25, -0.2) is 0 Å². The fourth-order valence-electron chi connectivity index (χ4n) is 3.83. The second-order valence-corrected chi connectivity index (χ2v) is 9.58. The minimum absolute atomic E-state index is 0.0636. The van der Waals surface area contributed by atoms with Gasteiger partial charge in [-0.1, -0.05) is 42.5 Å². The van der Waals surface area contributed by atoms with Crippen molar-refractivity contribution in [1.82, 2.24) is 10.6 Å². The van der Waals surface area contributed by atoms with E-state index in [2.05, 4.69) is 10.6 Å². The van der Waals surface area contributed by atoms with Crippen molar-refractivity contribution in [2.45, 2.75) is 38.0 Å². The molecular formula is C26H26N2O5S. The van der Waals surface area contributed by atoms with E-state index in [1.54, 1.807) is 38.1 Å². The molecule has 1 aliphatic heterocycles. The Hall–Kier alpha value is -3.49. The van der Waals surface area contributed by atoms with Crippen LogP contribution in [-0.4, -0.2) is 47.0 Å². The van der Waals surface area contributed by atoms with Crippen molar-refractivity contribution in [2.75, 3.05) is 6.61 Å². The van der Waals surface area contributed by atoms with Crippen LogP contribution in [0.15, 0.2) is 66.7 Å². The maximum absolute atomic E-state index is 13.3. The van der Waals surface area contributed by atoms with Crippen molar-refractivity contribution in [2.24, 2.45) is 0 Å². The number of carbonyl (C=O) groups excluding carboxylic acids is 3. The van der Waals surface area contributed by atoms with Crippen LogP contribution in [-0.2, 0) is 20.7 Å². The van der Waals surface area contributed by atoms with E-state index in [1.165, 1.54) is 17.4 Å². The van der Waals surface area contributed by atoms with Crippen molar-refractivity contribution in [3.8, 4) is 16.2 Å². The molecule has 1 saturated heterocycles. The average molecular weight is 479 g/mol. The maximum atomic E-state index is 13.3. The molecule has 3 aromatic rings. The van der Waals surface area contributed by atoms with Gasteiger partial charge in [0.2, 0.25) is 5.91 Å². The molecule has 0 spiro atoms. The smallest absolute Gasteiger partial charge is 0.262 e. The van der Waals surface area contributed by atoms with Crippen LogP contribution in [0.1, 0.15) is 29.1 Å². The third-order valence-corrected chi connectivity index (χ3v) is 7.23. The van der Waals surface area contributed by atoms with Gasteiger partial charge < -0.3 is 20.5 Å². The zero-order valence-corrected chi connectivity index (χ0v) is 19.7. The van der Waals surface area contributed by atoms with Gasteiger partial charge in [-0.15, -0.1) is 11.3 Å². The number of Topliss-reactive ketones (excluding diaryl/α,β-unsaturated/α-hetero) is 1. The highest BCUT2D eigenvalue weighted by atomic mass is 32.1. The van der Waals surface area contributed by atoms with E-state index in [4.69, 9.17) is 4.74 Å². The van der Waals surface area contributed by atoms with Crippen LogP contribution >= 0.6 is 11.3 Å². The van der Waals surface area contributed by atoms with Crippen molar-refractivity contribution in [3.05, 3.63) is 77.2 Å². The Labute approximate surface area is 201 Å². The van der Waals surface area contributed by atoms with Crippen molar-refractivity contribution >= 4 is 28.9 Å². The van der Waals surface area contributed by atoms with Crippen LogP contribution in [0.4, 0.5) is 0 Å². The van der Waals surface area contributed by atoms with Gasteiger partial charge in [0.25, 0.3) is 5.91 Å². The molecule has 3 unspecified atom stereocenters. The Kier molecular flexibility index (Phi) is 6.81. The molecule has 2 aromatic carbocycles. The lowest BCUT2D eigenvalue weighted by Gasteiger charge is -2.29. The number of amides is 2. The zero-order valence-electron chi connectivity index (χ0n) is 18.9. The van der Waals surface area contributed by atoms with Crippen LogP contribution < -0.4 is 10.6 Å². The first-order valence-corrected chi connectivity index (χ1v) is 11.8. The molecule has 2 heterocycles. The van der Waals surface area contributed by atoms with Crippen LogP contribution in [0.5, 0.6) is 5.75 Å². The molecule has 1 aliphatic rings. The summed E-state index contributed by atoms with van der Waals surface area (Å²) in [4.78, 5) is 40.2. The van der Waals surface area contributed by atoms with Crippen molar-refractivity contribution in [3.63, 3.8) is 0 Å². The molecule has 0 bridgehead atoms. The first-order chi connectivity index (χ1) is 16.3. The van der Waals surface area contributed by atoms with Gasteiger partial charge in [-0.2, -0.15) is 0 Å². The number of phenols is 1. The monoisotopic (exact) mass is 478 g/mol. The Morgan fingerprint density at radius 3 is 2.59 bits per heavy atom. The number of hydrogen-bond donors (Lipinski definition) is 3. The second kappa shape index (κ2) is 9.79. The number of carbonyl (C=O) groups is 3. The molecular weight excluding hydrogens is 452 g/mol. The second-order valence-electron chi connectivity index (χ2n) is 8.50. The SMILES string of the molecule is CC1OCC(=O)C1(C)NC(=O)C(Cc1cccc(O)c1)NC(=O)c1ccc(-c2ccccc2)s1. The van der Waals surface area contributed by atoms with Gasteiger partial charge in [-0.05, 0) is 49.2 Å². The summed E-state index contributed by atoms with van der Waals surface area (Å²) in [7, 11) is 0. The van der Waals surface area contributed by atoms with E-state index < -0.39 is 23.6 Å². The first kappa shape index (κ1) is 23.7. The molecule has 1 aromatic heterocycles. The molecule has 7 nitrogen and oxygen atoms in total. The number of phenolic OH excluding ortho intramolecular Hbond substituents is 1. The normalized spacial score (nSPS) is 20.6. The molecule has 1 fully saturated rings. The minimum Gasteiger partial charge on any atom is -0.508 e. The quantitative estimate of drug-likeness (QED) is 0.483. The molecule has 8 heteroatoms. The van der Waals surface area contributed by atoms with E-state index in [9.17, 15) is 19.5 Å². The lowest BCUT2D eigenvalue weighted by Crippen LogP contribution is -2.60. The fraction of sp³-hybridized carbons (Fsp3) is 0.269. The molecule has 0 aliphatic carbocycles. The van der Waals surface area contributed by atoms with Gasteiger partial charge in [0, 0.05) is 11.3 Å². The number of hydrogen-bond acceptors (Lipinski definition) is 6. The van der Waals surface area contributed by atoms with Gasteiger partial charge in [0.05, 0.1) is 11.0 Å². The number of nitrogens with one attached hydrogen (secondary N) is 2. The van der Waals surface area contributed by atoms with E-state index in [-0.39, 0.29) is 30.5 Å². The average Bonchev–Trinajstić information content (AvgIpc) is 3.41. The topological polar surface area (TPSA) is 105 Å². The molecule has 3 N–H and O–H groups in total. The van der Waals surface area contributed by atoms with Gasteiger partial charge in [0.15, 0.2) is 5.78 Å². The predicted molar refractivity (Wildman–Crippen MR) is 130 cm³/mol. The number of benzene rings is 2. The Morgan fingerprint density at radius 2 is 1.91 bits per heavy atom. The lowest BCUT2D eigenvalue weighted by atomic mass is 9.92. The summed E-state index contributed by atoms with van der Waals surface area (Å²) in [6, 6.07) is 18.9. The van der Waals surface area contributed by atoms with Crippen LogP contribution in [0.3, 0.4) is 0 Å². The summed E-state index contributed by atoms with van der Waals surface area (Å²) >= 11 is 1.33. The number of thiophene rings is 1. The zero-order chi connectivity index (χ0) is 24.3. The summed E-state index contributed by atoms with van der Waals surface area (Å²) in [5.74, 6) is -1.04. The maximum Gasteiger partial charge on any atom is 0.262 e. The van der Waals surface area contributed by atoms with Gasteiger partial charge in [0.1, 0.15) is 23.9 Å². The molecule has 176 valence electrons.